The Hall–Kier alpha value is -1.03. The molecule has 0 aromatic carbocycles. The van der Waals surface area contributed by atoms with Gasteiger partial charge in [0.2, 0.25) is 0 Å². The summed E-state index contributed by atoms with van der Waals surface area (Å²) in [6.07, 6.45) is 18.3. The summed E-state index contributed by atoms with van der Waals surface area (Å²) in [7, 11) is 0. The Balaban J connectivity index is 3.43. The largest absolute Gasteiger partial charge is 0.463 e. The van der Waals surface area contributed by atoms with Gasteiger partial charge in [-0.1, -0.05) is 77.6 Å². The number of alkyl halides is 1. The lowest BCUT2D eigenvalue weighted by atomic mass is 10.1. The lowest BCUT2D eigenvalue weighted by molar-refractivity contribution is -0.140. The number of carbonyl (C=O) groups excluding carboxylic acids is 2. The van der Waals surface area contributed by atoms with Crippen molar-refractivity contribution >= 4 is 23.5 Å². The number of esters is 2. The molecule has 0 rings (SSSR count). The minimum absolute atomic E-state index is 0.405. The number of rotatable bonds is 19. The molecule has 0 aromatic rings. The topological polar surface area (TPSA) is 52.6 Å². The third kappa shape index (κ3) is 21.1. The van der Waals surface area contributed by atoms with E-state index >= 15 is 0 Å². The van der Waals surface area contributed by atoms with Gasteiger partial charge in [0.05, 0.1) is 13.2 Å². The van der Waals surface area contributed by atoms with Gasteiger partial charge in [-0.05, 0) is 19.3 Å². The molecule has 0 bridgehead atoms. The van der Waals surface area contributed by atoms with Crippen LogP contribution in [0.1, 0.15) is 96.8 Å². The molecule has 0 atom stereocenters. The summed E-state index contributed by atoms with van der Waals surface area (Å²) < 4.78 is 10.1. The molecule has 0 unspecified atom stereocenters. The highest BCUT2D eigenvalue weighted by molar-refractivity contribution is 6.17. The van der Waals surface area contributed by atoms with Crippen molar-refractivity contribution in [2.45, 2.75) is 96.8 Å². The molecule has 0 aliphatic heterocycles. The number of hydrogen-bond acceptors (Lipinski definition) is 4. The highest BCUT2D eigenvalue weighted by Crippen LogP contribution is 2.09. The Morgan fingerprint density at radius 1 is 0.630 bits per heavy atom. The quantitative estimate of drug-likeness (QED) is 0.109. The molecule has 0 heterocycles. The summed E-state index contributed by atoms with van der Waals surface area (Å²) in [6.45, 7) is 3.00. The number of hydrogen-bond donors (Lipinski definition) is 0. The van der Waals surface area contributed by atoms with Crippen LogP contribution in [0.2, 0.25) is 0 Å². The number of halogens is 1. The molecule has 0 fully saturated rings. The van der Waals surface area contributed by atoms with Gasteiger partial charge in [0.1, 0.15) is 0 Å². The molecule has 0 spiro atoms. The first kappa shape index (κ1) is 26.0. The van der Waals surface area contributed by atoms with Crippen molar-refractivity contribution in [3.8, 4) is 0 Å². The maximum atomic E-state index is 11.5. The fraction of sp³-hybridized carbons (Fsp3) is 0.818. The molecule has 0 saturated carbocycles. The fourth-order valence-electron chi connectivity index (χ4n) is 2.72. The summed E-state index contributed by atoms with van der Waals surface area (Å²) in [5.41, 5.74) is 0. The Bertz CT molecular complexity index is 383. The van der Waals surface area contributed by atoms with Crippen molar-refractivity contribution in [2.75, 3.05) is 19.1 Å². The van der Waals surface area contributed by atoms with Crippen LogP contribution >= 0.6 is 11.6 Å². The molecular formula is C22H39ClO4. The summed E-state index contributed by atoms with van der Waals surface area (Å²) in [5, 5.41) is 0. The molecule has 27 heavy (non-hydrogen) atoms. The van der Waals surface area contributed by atoms with Crippen LogP contribution in [0.25, 0.3) is 0 Å². The van der Waals surface area contributed by atoms with Gasteiger partial charge >= 0.3 is 11.9 Å². The van der Waals surface area contributed by atoms with Crippen LogP contribution in [0.5, 0.6) is 0 Å². The van der Waals surface area contributed by atoms with Crippen molar-refractivity contribution in [2.24, 2.45) is 0 Å². The highest BCUT2D eigenvalue weighted by atomic mass is 35.5. The van der Waals surface area contributed by atoms with Gasteiger partial charge in [-0.15, -0.1) is 11.6 Å². The first-order valence-corrected chi connectivity index (χ1v) is 11.3. The van der Waals surface area contributed by atoms with Gasteiger partial charge in [0, 0.05) is 18.0 Å². The maximum absolute atomic E-state index is 11.5. The molecule has 0 radical (unpaired) electrons. The van der Waals surface area contributed by atoms with Crippen molar-refractivity contribution in [3.05, 3.63) is 12.2 Å². The predicted octanol–water partition coefficient (Wildman–Crippen LogP) is 6.35. The highest BCUT2D eigenvalue weighted by Gasteiger charge is 2.01. The van der Waals surface area contributed by atoms with Gasteiger partial charge in [-0.25, -0.2) is 9.59 Å². The normalized spacial score (nSPS) is 11.0. The number of carbonyl (C=O) groups is 2. The van der Waals surface area contributed by atoms with Crippen molar-refractivity contribution in [1.82, 2.24) is 0 Å². The fourth-order valence-corrected chi connectivity index (χ4v) is 2.91. The zero-order chi connectivity index (χ0) is 20.0. The Labute approximate surface area is 171 Å². The Kier molecular flexibility index (Phi) is 20.5. The second-order valence-corrected chi connectivity index (χ2v) is 7.33. The molecule has 0 amide bonds. The van der Waals surface area contributed by atoms with Crippen LogP contribution in [-0.2, 0) is 19.1 Å². The standard InChI is InChI=1S/C22H39ClO4/c1-2-3-4-5-11-14-19-26-21(24)16-17-22(25)27-20-15-12-9-7-6-8-10-13-18-23/h16-17H,2-15,18-20H2,1H3/b17-16+. The van der Waals surface area contributed by atoms with Crippen LogP contribution in [0.15, 0.2) is 12.2 Å². The van der Waals surface area contributed by atoms with E-state index in [4.69, 9.17) is 21.1 Å². The summed E-state index contributed by atoms with van der Waals surface area (Å²) in [5.74, 6) is -0.196. The van der Waals surface area contributed by atoms with Crippen LogP contribution in [0.4, 0.5) is 0 Å². The minimum atomic E-state index is -0.479. The smallest absolute Gasteiger partial charge is 0.331 e. The SMILES string of the molecule is CCCCCCCCOC(=O)/C=C/C(=O)OCCCCCCCCCCCl. The summed E-state index contributed by atoms with van der Waals surface area (Å²) >= 11 is 5.64. The van der Waals surface area contributed by atoms with Crippen molar-refractivity contribution in [3.63, 3.8) is 0 Å². The van der Waals surface area contributed by atoms with Gasteiger partial charge in [-0.3, -0.25) is 0 Å². The van der Waals surface area contributed by atoms with E-state index in [2.05, 4.69) is 6.92 Å². The van der Waals surface area contributed by atoms with Gasteiger partial charge < -0.3 is 9.47 Å². The molecule has 0 N–H and O–H groups in total. The van der Waals surface area contributed by atoms with Crippen LogP contribution in [0, 0.1) is 0 Å². The predicted molar refractivity (Wildman–Crippen MR) is 112 cm³/mol. The second kappa shape index (κ2) is 21.3. The molecule has 0 saturated heterocycles. The van der Waals surface area contributed by atoms with Crippen LogP contribution in [0.3, 0.4) is 0 Å². The molecule has 158 valence electrons. The van der Waals surface area contributed by atoms with E-state index in [0.29, 0.717) is 13.2 Å². The third-order valence-electron chi connectivity index (χ3n) is 4.37. The van der Waals surface area contributed by atoms with Gasteiger partial charge in [0.25, 0.3) is 0 Å². The summed E-state index contributed by atoms with van der Waals surface area (Å²) in [4.78, 5) is 23.0. The molecular weight excluding hydrogens is 364 g/mol. The van der Waals surface area contributed by atoms with E-state index < -0.39 is 11.9 Å². The van der Waals surface area contributed by atoms with Gasteiger partial charge in [-0.2, -0.15) is 0 Å². The number of unbranched alkanes of at least 4 members (excludes halogenated alkanes) is 12. The Morgan fingerprint density at radius 3 is 1.41 bits per heavy atom. The minimum Gasteiger partial charge on any atom is -0.463 e. The molecule has 0 aliphatic rings. The molecule has 4 nitrogen and oxygen atoms in total. The van der Waals surface area contributed by atoms with E-state index in [1.54, 1.807) is 0 Å². The third-order valence-corrected chi connectivity index (χ3v) is 4.64. The van der Waals surface area contributed by atoms with Crippen LogP contribution in [-0.4, -0.2) is 31.0 Å². The first-order valence-electron chi connectivity index (χ1n) is 10.8. The maximum Gasteiger partial charge on any atom is 0.331 e. The molecule has 0 aromatic heterocycles. The lowest BCUT2D eigenvalue weighted by Crippen LogP contribution is -2.06. The zero-order valence-electron chi connectivity index (χ0n) is 17.2. The van der Waals surface area contributed by atoms with Gasteiger partial charge in [0.15, 0.2) is 0 Å². The summed E-state index contributed by atoms with van der Waals surface area (Å²) in [6, 6.07) is 0. The van der Waals surface area contributed by atoms with E-state index in [1.165, 1.54) is 57.8 Å². The van der Waals surface area contributed by atoms with E-state index in [0.717, 1.165) is 50.1 Å². The average Bonchev–Trinajstić information content (AvgIpc) is 2.67. The van der Waals surface area contributed by atoms with Crippen molar-refractivity contribution in [1.29, 1.82) is 0 Å². The van der Waals surface area contributed by atoms with Crippen LogP contribution < -0.4 is 0 Å². The Morgan fingerprint density at radius 2 is 1.00 bits per heavy atom. The molecule has 0 aliphatic carbocycles. The average molecular weight is 403 g/mol. The lowest BCUT2D eigenvalue weighted by Gasteiger charge is -2.03. The first-order chi connectivity index (χ1) is 13.2. The van der Waals surface area contributed by atoms with E-state index in [1.807, 2.05) is 0 Å². The molecule has 5 heteroatoms. The number of ether oxygens (including phenoxy) is 2. The van der Waals surface area contributed by atoms with Crippen molar-refractivity contribution < 1.29 is 19.1 Å². The van der Waals surface area contributed by atoms with E-state index in [9.17, 15) is 9.59 Å². The monoisotopic (exact) mass is 402 g/mol. The van der Waals surface area contributed by atoms with E-state index in [-0.39, 0.29) is 0 Å². The zero-order valence-corrected chi connectivity index (χ0v) is 17.9. The second-order valence-electron chi connectivity index (χ2n) is 6.95.